The number of aliphatic hydroxyl groups excluding tert-OH is 1. The van der Waals surface area contributed by atoms with Crippen LogP contribution in [0.5, 0.6) is 0 Å². The molecule has 2 fully saturated rings. The average Bonchev–Trinajstić information content (AvgIpc) is 3.76. The van der Waals surface area contributed by atoms with Gasteiger partial charge in [0.2, 0.25) is 0 Å². The SMILES string of the molecule is CC(C1CC1)N1Cc2cc(-c3ccn4nc(N)c(C(=O)N[C@H](C)CO)c4n3)cc(C3CC3)c2C1=O. The molecule has 0 bridgehead atoms. The number of benzene rings is 1. The largest absolute Gasteiger partial charge is 0.394 e. The Morgan fingerprint density at radius 1 is 1.26 bits per heavy atom. The van der Waals surface area contributed by atoms with E-state index in [0.29, 0.717) is 29.7 Å². The topological polar surface area (TPSA) is 126 Å². The summed E-state index contributed by atoms with van der Waals surface area (Å²) in [5, 5.41) is 16.3. The van der Waals surface area contributed by atoms with Gasteiger partial charge in [0.05, 0.1) is 12.3 Å². The molecule has 3 aliphatic rings. The predicted molar refractivity (Wildman–Crippen MR) is 131 cm³/mol. The van der Waals surface area contributed by atoms with Gasteiger partial charge in [-0.3, -0.25) is 9.59 Å². The van der Waals surface area contributed by atoms with E-state index in [0.717, 1.165) is 35.1 Å². The molecule has 0 saturated heterocycles. The second-order valence-electron chi connectivity index (χ2n) is 10.3. The molecule has 2 amide bonds. The van der Waals surface area contributed by atoms with Gasteiger partial charge in [-0.2, -0.15) is 0 Å². The Labute approximate surface area is 203 Å². The molecule has 3 aromatic rings. The molecule has 4 N–H and O–H groups in total. The predicted octanol–water partition coefficient (Wildman–Crippen LogP) is 2.72. The number of carbonyl (C=O) groups excluding carboxylic acids is 2. The van der Waals surface area contributed by atoms with Crippen molar-refractivity contribution in [3.8, 4) is 11.3 Å². The van der Waals surface area contributed by atoms with E-state index in [4.69, 9.17) is 10.7 Å². The normalized spacial score (nSPS) is 19.2. The van der Waals surface area contributed by atoms with E-state index in [-0.39, 0.29) is 29.9 Å². The zero-order chi connectivity index (χ0) is 24.4. The number of nitrogens with zero attached hydrogens (tertiary/aromatic N) is 4. The van der Waals surface area contributed by atoms with Gasteiger partial charge in [-0.1, -0.05) is 0 Å². The lowest BCUT2D eigenvalue weighted by Gasteiger charge is -2.24. The van der Waals surface area contributed by atoms with Gasteiger partial charge in [0, 0.05) is 36.0 Å². The summed E-state index contributed by atoms with van der Waals surface area (Å²) >= 11 is 0. The van der Waals surface area contributed by atoms with Gasteiger partial charge >= 0.3 is 0 Å². The molecule has 2 atom stereocenters. The van der Waals surface area contributed by atoms with Gasteiger partial charge in [-0.25, -0.2) is 9.50 Å². The van der Waals surface area contributed by atoms with E-state index in [9.17, 15) is 14.7 Å². The van der Waals surface area contributed by atoms with Crippen LogP contribution < -0.4 is 11.1 Å². The maximum absolute atomic E-state index is 13.4. The fraction of sp³-hybridized carbons (Fsp3) is 0.462. The number of hydrogen-bond acceptors (Lipinski definition) is 6. The monoisotopic (exact) mass is 474 g/mol. The molecule has 9 nitrogen and oxygen atoms in total. The summed E-state index contributed by atoms with van der Waals surface area (Å²) in [6.45, 7) is 4.33. The zero-order valence-electron chi connectivity index (χ0n) is 20.0. The molecular weight excluding hydrogens is 444 g/mol. The number of nitrogens with two attached hydrogens (primary N) is 1. The Balaban J connectivity index is 1.41. The summed E-state index contributed by atoms with van der Waals surface area (Å²) in [6, 6.07) is 5.88. The maximum atomic E-state index is 13.4. The summed E-state index contributed by atoms with van der Waals surface area (Å²) < 4.78 is 1.50. The summed E-state index contributed by atoms with van der Waals surface area (Å²) in [5.41, 5.74) is 11.3. The lowest BCUT2D eigenvalue weighted by atomic mass is 9.95. The van der Waals surface area contributed by atoms with Gasteiger partial charge < -0.3 is 21.1 Å². The number of nitrogen functional groups attached to an aromatic ring is 1. The average molecular weight is 475 g/mol. The van der Waals surface area contributed by atoms with Crippen molar-refractivity contribution in [3.63, 3.8) is 0 Å². The van der Waals surface area contributed by atoms with Gasteiger partial charge in [-0.05, 0) is 80.7 Å². The third-order valence-electron chi connectivity index (χ3n) is 7.57. The standard InChI is InChI=1S/C26H30N6O3/c1-13(12-33)28-25(34)22-23(27)30-32-8-7-20(29-24(22)32)17-9-18-11-31(14(2)15-3-4-15)26(35)21(18)19(10-17)16-5-6-16/h7-10,13-16,33H,3-6,11-12H2,1-2H3,(H2,27,30)(H,28,34)/t13-,14?/m1/s1. The van der Waals surface area contributed by atoms with E-state index < -0.39 is 11.9 Å². The number of aliphatic hydroxyl groups is 1. The molecule has 6 rings (SSSR count). The van der Waals surface area contributed by atoms with Crippen molar-refractivity contribution >= 4 is 23.3 Å². The van der Waals surface area contributed by atoms with Gasteiger partial charge in [0.25, 0.3) is 11.8 Å². The molecular formula is C26H30N6O3. The van der Waals surface area contributed by atoms with Crippen LogP contribution in [0.1, 0.15) is 77.3 Å². The van der Waals surface area contributed by atoms with Crippen LogP contribution in [0, 0.1) is 5.92 Å². The lowest BCUT2D eigenvalue weighted by molar-refractivity contribution is 0.0696. The van der Waals surface area contributed by atoms with Crippen molar-refractivity contribution in [1.82, 2.24) is 24.8 Å². The lowest BCUT2D eigenvalue weighted by Crippen LogP contribution is -2.35. The van der Waals surface area contributed by atoms with Crippen molar-refractivity contribution in [1.29, 1.82) is 0 Å². The van der Waals surface area contributed by atoms with Crippen molar-refractivity contribution in [2.24, 2.45) is 5.92 Å². The van der Waals surface area contributed by atoms with Crippen LogP contribution in [-0.2, 0) is 6.54 Å². The first-order valence-corrected chi connectivity index (χ1v) is 12.4. The van der Waals surface area contributed by atoms with Crippen LogP contribution >= 0.6 is 0 Å². The van der Waals surface area contributed by atoms with Crippen molar-refractivity contribution < 1.29 is 14.7 Å². The molecule has 3 heterocycles. The Bertz CT molecular complexity index is 1360. The Morgan fingerprint density at radius 2 is 2.03 bits per heavy atom. The number of rotatable bonds is 7. The van der Waals surface area contributed by atoms with Crippen LogP contribution in [-0.4, -0.2) is 55.1 Å². The van der Waals surface area contributed by atoms with E-state index in [2.05, 4.69) is 29.5 Å². The van der Waals surface area contributed by atoms with E-state index >= 15 is 0 Å². The highest BCUT2D eigenvalue weighted by atomic mass is 16.3. The first kappa shape index (κ1) is 22.0. The summed E-state index contributed by atoms with van der Waals surface area (Å²) in [5.74, 6) is 0.856. The van der Waals surface area contributed by atoms with Crippen molar-refractivity contribution in [3.05, 3.63) is 46.6 Å². The number of hydrogen-bond donors (Lipinski definition) is 3. The molecule has 9 heteroatoms. The second kappa shape index (κ2) is 8.05. The Hall–Kier alpha value is -3.46. The third-order valence-corrected chi connectivity index (χ3v) is 7.57. The summed E-state index contributed by atoms with van der Waals surface area (Å²) in [6.07, 6.45) is 6.35. The van der Waals surface area contributed by atoms with Crippen molar-refractivity contribution in [2.45, 2.75) is 64.1 Å². The fourth-order valence-corrected chi connectivity index (χ4v) is 5.20. The quantitative estimate of drug-likeness (QED) is 0.483. The minimum absolute atomic E-state index is 0.0835. The Kier molecular flexibility index (Phi) is 5.07. The summed E-state index contributed by atoms with van der Waals surface area (Å²) in [7, 11) is 0. The van der Waals surface area contributed by atoms with Crippen LogP contribution in [0.3, 0.4) is 0 Å². The fourth-order valence-electron chi connectivity index (χ4n) is 5.20. The molecule has 2 aromatic heterocycles. The zero-order valence-corrected chi connectivity index (χ0v) is 20.0. The first-order chi connectivity index (χ1) is 16.9. The van der Waals surface area contributed by atoms with Crippen LogP contribution in [0.2, 0.25) is 0 Å². The number of amides is 2. The second-order valence-corrected chi connectivity index (χ2v) is 10.3. The minimum Gasteiger partial charge on any atom is -0.394 e. The summed E-state index contributed by atoms with van der Waals surface area (Å²) in [4.78, 5) is 33.0. The van der Waals surface area contributed by atoms with Crippen LogP contribution in [0.25, 0.3) is 16.9 Å². The highest BCUT2D eigenvalue weighted by Gasteiger charge is 2.41. The highest BCUT2D eigenvalue weighted by Crippen LogP contribution is 2.47. The molecule has 1 aromatic carbocycles. The number of anilines is 1. The molecule has 1 unspecified atom stereocenters. The van der Waals surface area contributed by atoms with Crippen LogP contribution in [0.4, 0.5) is 5.82 Å². The molecule has 1 aliphatic heterocycles. The van der Waals surface area contributed by atoms with Crippen molar-refractivity contribution in [2.75, 3.05) is 12.3 Å². The molecule has 0 radical (unpaired) electrons. The molecule has 182 valence electrons. The maximum Gasteiger partial charge on any atom is 0.259 e. The van der Waals surface area contributed by atoms with E-state index in [1.54, 1.807) is 13.1 Å². The number of nitrogens with one attached hydrogen (secondary N) is 1. The first-order valence-electron chi connectivity index (χ1n) is 12.4. The number of carbonyl (C=O) groups is 2. The Morgan fingerprint density at radius 3 is 2.71 bits per heavy atom. The van der Waals surface area contributed by atoms with Gasteiger partial charge in [0.15, 0.2) is 11.5 Å². The van der Waals surface area contributed by atoms with E-state index in [1.165, 1.54) is 17.4 Å². The third kappa shape index (κ3) is 3.74. The molecule has 2 aliphatic carbocycles. The van der Waals surface area contributed by atoms with Gasteiger partial charge in [-0.15, -0.1) is 5.10 Å². The molecule has 35 heavy (non-hydrogen) atoms. The minimum atomic E-state index is -0.424. The molecule has 2 saturated carbocycles. The smallest absolute Gasteiger partial charge is 0.259 e. The molecule has 0 spiro atoms. The number of aromatic nitrogens is 3. The van der Waals surface area contributed by atoms with Crippen LogP contribution in [0.15, 0.2) is 24.4 Å². The van der Waals surface area contributed by atoms with Gasteiger partial charge in [0.1, 0.15) is 5.56 Å². The highest BCUT2D eigenvalue weighted by molar-refractivity contribution is 6.04. The number of fused-ring (bicyclic) bond motifs is 2. The van der Waals surface area contributed by atoms with E-state index in [1.807, 2.05) is 11.0 Å².